The average molecular weight is 442 g/mol. The molecule has 3 heterocycles. The molecule has 0 unspecified atom stereocenters. The van der Waals surface area contributed by atoms with Gasteiger partial charge in [-0.2, -0.15) is 0 Å². The van der Waals surface area contributed by atoms with Crippen molar-refractivity contribution in [3.05, 3.63) is 84.1 Å². The zero-order chi connectivity index (χ0) is 22.5. The van der Waals surface area contributed by atoms with Crippen LogP contribution in [0.25, 0.3) is 22.3 Å². The Balaban J connectivity index is 1.63. The third-order valence-corrected chi connectivity index (χ3v) is 5.79. The number of anilines is 1. The summed E-state index contributed by atoms with van der Waals surface area (Å²) >= 11 is 1.41. The number of pyridine rings is 2. The average Bonchev–Trinajstić information content (AvgIpc) is 3.23. The highest BCUT2D eigenvalue weighted by atomic mass is 32.2. The summed E-state index contributed by atoms with van der Waals surface area (Å²) in [5.41, 5.74) is 12.9. The van der Waals surface area contributed by atoms with E-state index in [-0.39, 0.29) is 0 Å². The van der Waals surface area contributed by atoms with Crippen molar-refractivity contribution in [1.29, 1.82) is 5.41 Å². The molecule has 0 aliphatic rings. The van der Waals surface area contributed by atoms with Crippen LogP contribution >= 0.6 is 11.9 Å². The molecule has 0 spiro atoms. The molecule has 8 heteroatoms. The zero-order valence-corrected chi connectivity index (χ0v) is 18.6. The molecular formula is C24H23N7S. The number of aliphatic imine (C=N–C) groups is 1. The maximum Gasteiger partial charge on any atom is 0.137 e. The van der Waals surface area contributed by atoms with Crippen molar-refractivity contribution < 1.29 is 0 Å². The quantitative estimate of drug-likeness (QED) is 0.282. The molecule has 3 aromatic heterocycles. The maximum absolute atomic E-state index is 7.69. The van der Waals surface area contributed by atoms with Crippen molar-refractivity contribution in [2.45, 2.75) is 11.9 Å². The summed E-state index contributed by atoms with van der Waals surface area (Å²) in [5, 5.41) is 8.61. The standard InChI is InChI=1S/C24H23N7S/c1-16-3-5-17(6-4-16)18-7-8-23-29-14-24(31(23)15-18)32-30-21-9-19(13-28-22(21)11-26)20(10-25)12-27-2/h3-15,26,30H,25H2,1-2H3. The van der Waals surface area contributed by atoms with Gasteiger partial charge in [0.2, 0.25) is 0 Å². The molecule has 0 saturated carbocycles. The van der Waals surface area contributed by atoms with Crippen LogP contribution in [0.4, 0.5) is 5.69 Å². The summed E-state index contributed by atoms with van der Waals surface area (Å²) in [6.45, 7) is 2.08. The van der Waals surface area contributed by atoms with Crippen LogP contribution in [0.1, 0.15) is 16.8 Å². The van der Waals surface area contributed by atoms with Gasteiger partial charge in [-0.05, 0) is 36.2 Å². The number of aryl methyl sites for hydroxylation is 1. The molecule has 4 N–H and O–H groups in total. The summed E-state index contributed by atoms with van der Waals surface area (Å²) in [6.07, 6.45) is 9.96. The molecule has 1 aromatic carbocycles. The third kappa shape index (κ3) is 4.40. The van der Waals surface area contributed by atoms with E-state index < -0.39 is 0 Å². The van der Waals surface area contributed by atoms with Crippen molar-refractivity contribution in [2.75, 3.05) is 11.8 Å². The molecule has 0 saturated heterocycles. The van der Waals surface area contributed by atoms with Crippen LogP contribution in [-0.4, -0.2) is 33.8 Å². The smallest absolute Gasteiger partial charge is 0.137 e. The number of hydrogen-bond donors (Lipinski definition) is 3. The summed E-state index contributed by atoms with van der Waals surface area (Å²) < 4.78 is 5.36. The van der Waals surface area contributed by atoms with E-state index >= 15 is 0 Å². The largest absolute Gasteiger partial charge is 0.404 e. The molecule has 0 fully saturated rings. The predicted octanol–water partition coefficient (Wildman–Crippen LogP) is 4.82. The lowest BCUT2D eigenvalue weighted by atomic mass is 10.1. The van der Waals surface area contributed by atoms with Gasteiger partial charge in [-0.15, -0.1) is 0 Å². The molecule has 32 heavy (non-hydrogen) atoms. The fourth-order valence-corrected chi connectivity index (χ4v) is 3.97. The molecular weight excluding hydrogens is 418 g/mol. The molecule has 7 nitrogen and oxygen atoms in total. The Labute approximate surface area is 190 Å². The lowest BCUT2D eigenvalue weighted by Gasteiger charge is -2.11. The van der Waals surface area contributed by atoms with Gasteiger partial charge < -0.3 is 15.9 Å². The Bertz CT molecular complexity index is 1320. The van der Waals surface area contributed by atoms with E-state index in [0.717, 1.165) is 32.9 Å². The number of rotatable bonds is 7. The summed E-state index contributed by atoms with van der Waals surface area (Å²) in [7, 11) is 1.69. The normalized spacial score (nSPS) is 11.9. The number of fused-ring (bicyclic) bond motifs is 1. The second-order valence-electron chi connectivity index (χ2n) is 7.12. The molecule has 0 radical (unpaired) electrons. The molecule has 0 aliphatic heterocycles. The molecule has 160 valence electrons. The number of allylic oxidation sites excluding steroid dienone is 1. The number of nitrogens with two attached hydrogens (primary N) is 1. The first-order valence-corrected chi connectivity index (χ1v) is 10.8. The van der Waals surface area contributed by atoms with Crippen molar-refractivity contribution in [3.8, 4) is 11.1 Å². The topological polar surface area (TPSA) is 104 Å². The Morgan fingerprint density at radius 2 is 1.91 bits per heavy atom. The third-order valence-electron chi connectivity index (χ3n) is 4.96. The van der Waals surface area contributed by atoms with Gasteiger partial charge in [-0.1, -0.05) is 29.8 Å². The van der Waals surface area contributed by atoms with E-state index in [4.69, 9.17) is 11.1 Å². The number of nitrogens with zero attached hydrogens (tertiary/aromatic N) is 4. The Kier molecular flexibility index (Phi) is 6.32. The summed E-state index contributed by atoms with van der Waals surface area (Å²) in [4.78, 5) is 12.9. The minimum absolute atomic E-state index is 0.528. The van der Waals surface area contributed by atoms with E-state index in [2.05, 4.69) is 63.1 Å². The minimum Gasteiger partial charge on any atom is -0.404 e. The lowest BCUT2D eigenvalue weighted by molar-refractivity contribution is 1.05. The van der Waals surface area contributed by atoms with Gasteiger partial charge in [0.05, 0.1) is 11.9 Å². The first kappa shape index (κ1) is 21.3. The minimum atomic E-state index is 0.528. The first-order chi connectivity index (χ1) is 15.6. The van der Waals surface area contributed by atoms with Crippen LogP contribution in [0.2, 0.25) is 0 Å². The van der Waals surface area contributed by atoms with Crippen molar-refractivity contribution in [2.24, 2.45) is 10.7 Å². The van der Waals surface area contributed by atoms with Gasteiger partial charge >= 0.3 is 0 Å². The second-order valence-corrected chi connectivity index (χ2v) is 7.95. The molecule has 4 aromatic rings. The van der Waals surface area contributed by atoms with Gasteiger partial charge in [0.25, 0.3) is 0 Å². The van der Waals surface area contributed by atoms with Gasteiger partial charge in [-0.3, -0.25) is 14.4 Å². The Morgan fingerprint density at radius 1 is 1.12 bits per heavy atom. The van der Waals surface area contributed by atoms with Crippen LogP contribution in [0, 0.1) is 12.3 Å². The molecule has 0 atom stereocenters. The van der Waals surface area contributed by atoms with Gasteiger partial charge in [0, 0.05) is 61.2 Å². The second kappa shape index (κ2) is 9.49. The van der Waals surface area contributed by atoms with E-state index in [1.54, 1.807) is 19.5 Å². The zero-order valence-electron chi connectivity index (χ0n) is 17.8. The molecule has 4 rings (SSSR count). The van der Waals surface area contributed by atoms with Gasteiger partial charge in [-0.25, -0.2) is 4.98 Å². The van der Waals surface area contributed by atoms with Crippen LogP contribution in [-0.2, 0) is 0 Å². The fourth-order valence-electron chi connectivity index (χ4n) is 3.24. The highest BCUT2D eigenvalue weighted by molar-refractivity contribution is 8.00. The Morgan fingerprint density at radius 3 is 2.62 bits per heavy atom. The monoisotopic (exact) mass is 441 g/mol. The SMILES string of the molecule is CN=CC(=CN)c1cnc(C=N)c(NSc2cnc3ccc(-c4ccc(C)cc4)cn23)c1. The predicted molar refractivity (Wildman–Crippen MR) is 134 cm³/mol. The summed E-state index contributed by atoms with van der Waals surface area (Å²) in [5.74, 6) is 0. The van der Waals surface area contributed by atoms with E-state index in [1.165, 1.54) is 29.9 Å². The van der Waals surface area contributed by atoms with E-state index in [9.17, 15) is 0 Å². The number of aromatic nitrogens is 3. The van der Waals surface area contributed by atoms with E-state index in [1.807, 2.05) is 22.7 Å². The van der Waals surface area contributed by atoms with Gasteiger partial charge in [0.15, 0.2) is 0 Å². The van der Waals surface area contributed by atoms with Crippen LogP contribution in [0.15, 0.2) is 77.3 Å². The first-order valence-electron chi connectivity index (χ1n) is 9.95. The highest BCUT2D eigenvalue weighted by Crippen LogP contribution is 2.28. The number of benzene rings is 1. The number of hydrogen-bond acceptors (Lipinski definition) is 7. The van der Waals surface area contributed by atoms with Crippen molar-refractivity contribution in [1.82, 2.24) is 14.4 Å². The number of nitrogens with one attached hydrogen (secondary N) is 2. The maximum atomic E-state index is 7.69. The summed E-state index contributed by atoms with van der Waals surface area (Å²) in [6, 6.07) is 14.4. The number of imidazole rings is 1. The highest BCUT2D eigenvalue weighted by Gasteiger charge is 2.10. The van der Waals surface area contributed by atoms with E-state index in [0.29, 0.717) is 11.4 Å². The Hall–Kier alpha value is -3.91. The van der Waals surface area contributed by atoms with Crippen molar-refractivity contribution in [3.63, 3.8) is 0 Å². The van der Waals surface area contributed by atoms with Crippen molar-refractivity contribution >= 4 is 41.3 Å². The molecule has 0 bridgehead atoms. The fraction of sp³-hybridized carbons (Fsp3) is 0.0833. The lowest BCUT2D eigenvalue weighted by Crippen LogP contribution is -2.00. The van der Waals surface area contributed by atoms with Crippen LogP contribution < -0.4 is 10.5 Å². The van der Waals surface area contributed by atoms with Crippen LogP contribution in [0.3, 0.4) is 0 Å². The molecule has 0 amide bonds. The molecule has 0 aliphatic carbocycles. The van der Waals surface area contributed by atoms with Gasteiger partial charge in [0.1, 0.15) is 16.4 Å². The van der Waals surface area contributed by atoms with Crippen LogP contribution in [0.5, 0.6) is 0 Å².